The number of alkyl halides is 2. The Hall–Kier alpha value is -0.960. The summed E-state index contributed by atoms with van der Waals surface area (Å²) in [5.41, 5.74) is 7.00. The molecule has 3 heteroatoms. The highest BCUT2D eigenvalue weighted by Gasteiger charge is 2.21. The van der Waals surface area contributed by atoms with Gasteiger partial charge in [0.2, 0.25) is 6.43 Å². The molecule has 14 heavy (non-hydrogen) atoms. The third-order valence-electron chi connectivity index (χ3n) is 2.25. The van der Waals surface area contributed by atoms with Crippen LogP contribution in [0.5, 0.6) is 0 Å². The van der Waals surface area contributed by atoms with Crippen molar-refractivity contribution < 1.29 is 8.78 Å². The number of aryl methyl sites for hydroxylation is 1. The van der Waals surface area contributed by atoms with Crippen molar-refractivity contribution >= 4 is 0 Å². The molecule has 1 aromatic carbocycles. The molecular formula is C11H15F2N. The maximum atomic E-state index is 12.6. The molecule has 0 aliphatic rings. The number of rotatable bonds is 4. The maximum Gasteiger partial charge on any atom is 0.245 e. The van der Waals surface area contributed by atoms with Gasteiger partial charge in [0.1, 0.15) is 0 Å². The van der Waals surface area contributed by atoms with E-state index < -0.39 is 12.3 Å². The minimum absolute atomic E-state index is 0.295. The number of benzene rings is 1. The number of nitrogens with two attached hydrogens (primary N) is 1. The van der Waals surface area contributed by atoms with Crippen molar-refractivity contribution in [3.63, 3.8) is 0 Å². The van der Waals surface area contributed by atoms with Crippen molar-refractivity contribution in [3.8, 4) is 0 Å². The molecule has 1 atom stereocenters. The SMILES string of the molecule is Cc1cccc(C(CCN)C(F)F)c1. The fourth-order valence-corrected chi connectivity index (χ4v) is 1.52. The molecule has 0 aliphatic heterocycles. The van der Waals surface area contributed by atoms with Gasteiger partial charge < -0.3 is 5.73 Å². The van der Waals surface area contributed by atoms with Gasteiger partial charge in [0, 0.05) is 5.92 Å². The van der Waals surface area contributed by atoms with Crippen molar-refractivity contribution in [1.29, 1.82) is 0 Å². The summed E-state index contributed by atoms with van der Waals surface area (Å²) in [5.74, 6) is -0.722. The van der Waals surface area contributed by atoms with E-state index in [2.05, 4.69) is 0 Å². The molecule has 0 heterocycles. The van der Waals surface area contributed by atoms with E-state index in [0.29, 0.717) is 18.5 Å². The van der Waals surface area contributed by atoms with E-state index in [-0.39, 0.29) is 0 Å². The summed E-state index contributed by atoms with van der Waals surface area (Å²) < 4.78 is 25.3. The zero-order valence-corrected chi connectivity index (χ0v) is 8.21. The van der Waals surface area contributed by atoms with Crippen molar-refractivity contribution in [2.24, 2.45) is 5.73 Å². The molecule has 2 N–H and O–H groups in total. The molecule has 0 aliphatic carbocycles. The third kappa shape index (κ3) is 2.77. The van der Waals surface area contributed by atoms with E-state index in [4.69, 9.17) is 5.73 Å². The summed E-state index contributed by atoms with van der Waals surface area (Å²) >= 11 is 0. The molecule has 0 aromatic heterocycles. The van der Waals surface area contributed by atoms with Crippen molar-refractivity contribution in [3.05, 3.63) is 35.4 Å². The molecule has 1 nitrogen and oxygen atoms in total. The first kappa shape index (κ1) is 11.1. The molecule has 0 fully saturated rings. The summed E-state index contributed by atoms with van der Waals surface area (Å²) in [7, 11) is 0. The molecule has 0 saturated heterocycles. The smallest absolute Gasteiger partial charge is 0.245 e. The van der Waals surface area contributed by atoms with Gasteiger partial charge in [0.05, 0.1) is 0 Å². The lowest BCUT2D eigenvalue weighted by atomic mass is 9.95. The predicted octanol–water partition coefficient (Wildman–Crippen LogP) is 2.69. The van der Waals surface area contributed by atoms with Gasteiger partial charge in [-0.1, -0.05) is 29.8 Å². The molecule has 78 valence electrons. The third-order valence-corrected chi connectivity index (χ3v) is 2.25. The van der Waals surface area contributed by atoms with Crippen LogP contribution in [-0.2, 0) is 0 Å². The lowest BCUT2D eigenvalue weighted by Gasteiger charge is -2.15. The van der Waals surface area contributed by atoms with Crippen molar-refractivity contribution in [1.82, 2.24) is 0 Å². The van der Waals surface area contributed by atoms with Gasteiger partial charge in [-0.05, 0) is 25.5 Å². The van der Waals surface area contributed by atoms with Crippen LogP contribution in [0.2, 0.25) is 0 Å². The van der Waals surface area contributed by atoms with E-state index >= 15 is 0 Å². The topological polar surface area (TPSA) is 26.0 Å². The van der Waals surface area contributed by atoms with Crippen LogP contribution in [0.4, 0.5) is 8.78 Å². The van der Waals surface area contributed by atoms with E-state index in [1.807, 2.05) is 13.0 Å². The van der Waals surface area contributed by atoms with Gasteiger partial charge in [-0.2, -0.15) is 0 Å². The highest BCUT2D eigenvalue weighted by Crippen LogP contribution is 2.26. The summed E-state index contributed by atoms with van der Waals surface area (Å²) in [6, 6.07) is 7.23. The normalized spacial score (nSPS) is 13.2. The van der Waals surface area contributed by atoms with E-state index in [1.54, 1.807) is 18.2 Å². The second kappa shape index (κ2) is 5.05. The number of halogens is 2. The Bertz CT molecular complexity index is 286. The van der Waals surface area contributed by atoms with Crippen LogP contribution in [0.25, 0.3) is 0 Å². The predicted molar refractivity (Wildman–Crippen MR) is 53.6 cm³/mol. The van der Waals surface area contributed by atoms with Gasteiger partial charge in [-0.15, -0.1) is 0 Å². The largest absolute Gasteiger partial charge is 0.330 e. The first-order chi connectivity index (χ1) is 6.65. The Kier molecular flexibility index (Phi) is 4.01. The summed E-state index contributed by atoms with van der Waals surface area (Å²) in [6.07, 6.45) is -2.00. The molecule has 0 spiro atoms. The lowest BCUT2D eigenvalue weighted by Crippen LogP contribution is -2.14. The van der Waals surface area contributed by atoms with E-state index in [1.165, 1.54) is 0 Å². The van der Waals surface area contributed by atoms with E-state index in [9.17, 15) is 8.78 Å². The number of hydrogen-bond acceptors (Lipinski definition) is 1. The minimum Gasteiger partial charge on any atom is -0.330 e. The fraction of sp³-hybridized carbons (Fsp3) is 0.455. The monoisotopic (exact) mass is 199 g/mol. The average molecular weight is 199 g/mol. The fourth-order valence-electron chi connectivity index (χ4n) is 1.52. The Morgan fingerprint density at radius 2 is 2.07 bits per heavy atom. The Morgan fingerprint density at radius 1 is 1.36 bits per heavy atom. The zero-order chi connectivity index (χ0) is 10.6. The molecule has 0 saturated carbocycles. The second-order valence-electron chi connectivity index (χ2n) is 3.43. The standard InChI is InChI=1S/C11H15F2N/c1-8-3-2-4-9(7-8)10(5-6-14)11(12)13/h2-4,7,10-11H,5-6,14H2,1H3. The van der Waals surface area contributed by atoms with Crippen LogP contribution in [0.15, 0.2) is 24.3 Å². The second-order valence-corrected chi connectivity index (χ2v) is 3.43. The van der Waals surface area contributed by atoms with Crippen LogP contribution >= 0.6 is 0 Å². The van der Waals surface area contributed by atoms with Crippen molar-refractivity contribution in [2.75, 3.05) is 6.54 Å². The first-order valence-corrected chi connectivity index (χ1v) is 4.70. The van der Waals surface area contributed by atoms with Gasteiger partial charge in [-0.3, -0.25) is 0 Å². The average Bonchev–Trinajstić information content (AvgIpc) is 2.13. The van der Waals surface area contributed by atoms with Gasteiger partial charge >= 0.3 is 0 Å². The van der Waals surface area contributed by atoms with Gasteiger partial charge in [-0.25, -0.2) is 8.78 Å². The molecule has 1 aromatic rings. The van der Waals surface area contributed by atoms with Crippen LogP contribution in [0.1, 0.15) is 23.5 Å². The Labute approximate surface area is 82.9 Å². The first-order valence-electron chi connectivity index (χ1n) is 4.70. The van der Waals surface area contributed by atoms with E-state index in [0.717, 1.165) is 5.56 Å². The lowest BCUT2D eigenvalue weighted by molar-refractivity contribution is 0.111. The molecule has 0 bridgehead atoms. The molecule has 0 radical (unpaired) electrons. The van der Waals surface area contributed by atoms with Gasteiger partial charge in [0.15, 0.2) is 0 Å². The number of hydrogen-bond donors (Lipinski definition) is 1. The minimum atomic E-state index is -2.33. The summed E-state index contributed by atoms with van der Waals surface area (Å²) in [5, 5.41) is 0. The highest BCUT2D eigenvalue weighted by molar-refractivity contribution is 5.25. The van der Waals surface area contributed by atoms with Crippen molar-refractivity contribution in [2.45, 2.75) is 25.7 Å². The maximum absolute atomic E-state index is 12.6. The highest BCUT2D eigenvalue weighted by atomic mass is 19.3. The Balaban J connectivity index is 2.87. The van der Waals surface area contributed by atoms with Crippen LogP contribution < -0.4 is 5.73 Å². The molecular weight excluding hydrogens is 184 g/mol. The van der Waals surface area contributed by atoms with Crippen LogP contribution in [0.3, 0.4) is 0 Å². The van der Waals surface area contributed by atoms with Gasteiger partial charge in [0.25, 0.3) is 0 Å². The Morgan fingerprint density at radius 3 is 2.57 bits per heavy atom. The van der Waals surface area contributed by atoms with Crippen LogP contribution in [-0.4, -0.2) is 13.0 Å². The molecule has 1 unspecified atom stereocenters. The summed E-state index contributed by atoms with van der Waals surface area (Å²) in [4.78, 5) is 0. The van der Waals surface area contributed by atoms with Crippen LogP contribution in [0, 0.1) is 6.92 Å². The molecule has 0 amide bonds. The quantitative estimate of drug-likeness (QED) is 0.792. The molecule has 1 rings (SSSR count). The summed E-state index contributed by atoms with van der Waals surface area (Å²) in [6.45, 7) is 2.19. The zero-order valence-electron chi connectivity index (χ0n) is 8.21.